The number of furan rings is 1. The molecular formula is C20H18BrClO5. The van der Waals surface area contributed by atoms with Crippen molar-refractivity contribution in [1.29, 1.82) is 0 Å². The number of carbonyl (C=O) groups excluding carboxylic acids is 1. The van der Waals surface area contributed by atoms with Crippen LogP contribution in [0.5, 0.6) is 5.75 Å². The van der Waals surface area contributed by atoms with Crippen LogP contribution in [0.1, 0.15) is 21.7 Å². The lowest BCUT2D eigenvalue weighted by Gasteiger charge is -2.09. The van der Waals surface area contributed by atoms with Crippen LogP contribution in [0.3, 0.4) is 0 Å². The molecule has 0 aliphatic rings. The summed E-state index contributed by atoms with van der Waals surface area (Å²) in [6, 6.07) is 11.0. The molecule has 0 spiro atoms. The number of carbonyl (C=O) groups is 1. The minimum Gasteiger partial charge on any atom is -0.488 e. The Morgan fingerprint density at radius 1 is 1.22 bits per heavy atom. The summed E-state index contributed by atoms with van der Waals surface area (Å²) in [5.41, 5.74) is 1.91. The zero-order valence-corrected chi connectivity index (χ0v) is 17.2. The van der Waals surface area contributed by atoms with Crippen LogP contribution < -0.4 is 4.74 Å². The Balaban J connectivity index is 1.87. The van der Waals surface area contributed by atoms with Gasteiger partial charge in [0.15, 0.2) is 0 Å². The molecule has 0 fully saturated rings. The minimum absolute atomic E-state index is 0.177. The number of methoxy groups -OCH3 is 1. The molecule has 2 aromatic carbocycles. The maximum Gasteiger partial charge on any atom is 0.342 e. The number of ether oxygens (including phenoxy) is 3. The Kier molecular flexibility index (Phi) is 6.42. The van der Waals surface area contributed by atoms with Gasteiger partial charge < -0.3 is 18.6 Å². The SMILES string of the molecule is COCCOC(=O)c1c(C)oc2cc(Br)c(OCc3cccc(Cl)c3)cc12. The predicted octanol–water partition coefficient (Wildman–Crippen LogP) is 5.54. The monoisotopic (exact) mass is 452 g/mol. The molecule has 27 heavy (non-hydrogen) atoms. The van der Waals surface area contributed by atoms with Crippen molar-refractivity contribution in [3.8, 4) is 5.75 Å². The normalized spacial score (nSPS) is 11.0. The third-order valence-electron chi connectivity index (χ3n) is 3.93. The van der Waals surface area contributed by atoms with Crippen LogP contribution in [0.25, 0.3) is 11.0 Å². The van der Waals surface area contributed by atoms with E-state index in [4.69, 9.17) is 30.2 Å². The van der Waals surface area contributed by atoms with Crippen LogP contribution in [-0.2, 0) is 16.1 Å². The Bertz CT molecular complexity index is 966. The third kappa shape index (κ3) is 4.64. The largest absolute Gasteiger partial charge is 0.488 e. The van der Waals surface area contributed by atoms with E-state index in [-0.39, 0.29) is 6.61 Å². The van der Waals surface area contributed by atoms with Crippen LogP contribution in [-0.4, -0.2) is 26.3 Å². The quantitative estimate of drug-likeness (QED) is 0.347. The molecule has 0 atom stereocenters. The maximum atomic E-state index is 12.4. The minimum atomic E-state index is -0.452. The van der Waals surface area contributed by atoms with Crippen molar-refractivity contribution >= 4 is 44.5 Å². The van der Waals surface area contributed by atoms with Gasteiger partial charge in [0.1, 0.15) is 35.9 Å². The summed E-state index contributed by atoms with van der Waals surface area (Å²) < 4.78 is 22.5. The smallest absolute Gasteiger partial charge is 0.342 e. The van der Waals surface area contributed by atoms with E-state index in [1.54, 1.807) is 26.2 Å². The van der Waals surface area contributed by atoms with Gasteiger partial charge in [0.05, 0.1) is 11.1 Å². The zero-order chi connectivity index (χ0) is 19.4. The van der Waals surface area contributed by atoms with Crippen molar-refractivity contribution in [2.45, 2.75) is 13.5 Å². The van der Waals surface area contributed by atoms with E-state index < -0.39 is 5.97 Å². The van der Waals surface area contributed by atoms with Crippen molar-refractivity contribution in [3.05, 3.63) is 62.8 Å². The topological polar surface area (TPSA) is 57.9 Å². The first kappa shape index (κ1) is 19.7. The van der Waals surface area contributed by atoms with Gasteiger partial charge in [0.25, 0.3) is 0 Å². The lowest BCUT2D eigenvalue weighted by atomic mass is 10.1. The molecule has 0 unspecified atom stereocenters. The molecule has 142 valence electrons. The van der Waals surface area contributed by atoms with Gasteiger partial charge in [-0.3, -0.25) is 0 Å². The van der Waals surface area contributed by atoms with Crippen molar-refractivity contribution in [3.63, 3.8) is 0 Å². The number of aryl methyl sites for hydroxylation is 1. The fourth-order valence-electron chi connectivity index (χ4n) is 2.66. The van der Waals surface area contributed by atoms with Crippen LogP contribution >= 0.6 is 27.5 Å². The summed E-state index contributed by atoms with van der Waals surface area (Å²) in [7, 11) is 1.55. The summed E-state index contributed by atoms with van der Waals surface area (Å²) >= 11 is 9.49. The average Bonchev–Trinajstić information content (AvgIpc) is 2.94. The molecule has 5 nitrogen and oxygen atoms in total. The number of esters is 1. The molecule has 7 heteroatoms. The molecule has 1 heterocycles. The lowest BCUT2D eigenvalue weighted by molar-refractivity contribution is 0.0388. The molecule has 0 aliphatic heterocycles. The highest BCUT2D eigenvalue weighted by molar-refractivity contribution is 9.10. The standard InChI is InChI=1S/C20H18BrClO5/c1-12-19(20(23)25-7-6-24-2)15-9-18(16(21)10-17(15)27-12)26-11-13-4-3-5-14(22)8-13/h3-5,8-10H,6-7,11H2,1-2H3. The maximum absolute atomic E-state index is 12.4. The molecule has 3 aromatic rings. The number of rotatable bonds is 7. The van der Waals surface area contributed by atoms with E-state index in [1.165, 1.54) is 0 Å². The molecule has 0 saturated carbocycles. The van der Waals surface area contributed by atoms with Crippen LogP contribution in [0.2, 0.25) is 5.02 Å². The number of fused-ring (bicyclic) bond motifs is 1. The van der Waals surface area contributed by atoms with Crippen LogP contribution in [0.15, 0.2) is 45.3 Å². The Labute approximate surface area is 170 Å². The number of hydrogen-bond acceptors (Lipinski definition) is 5. The summed E-state index contributed by atoms with van der Waals surface area (Å²) in [6.45, 7) is 2.58. The molecule has 0 amide bonds. The Hall–Kier alpha value is -2.02. The molecular weight excluding hydrogens is 436 g/mol. The molecule has 0 saturated heterocycles. The van der Waals surface area contributed by atoms with Gasteiger partial charge in [-0.2, -0.15) is 0 Å². The van der Waals surface area contributed by atoms with E-state index in [9.17, 15) is 4.79 Å². The average molecular weight is 454 g/mol. The summed E-state index contributed by atoms with van der Waals surface area (Å²) in [5, 5.41) is 1.29. The van der Waals surface area contributed by atoms with E-state index in [0.29, 0.717) is 46.3 Å². The zero-order valence-electron chi connectivity index (χ0n) is 14.9. The second kappa shape index (κ2) is 8.78. The number of halogens is 2. The first-order valence-electron chi connectivity index (χ1n) is 8.25. The molecule has 0 aliphatic carbocycles. The molecule has 0 bridgehead atoms. The fourth-order valence-corrected chi connectivity index (χ4v) is 3.31. The number of benzene rings is 2. The molecule has 0 N–H and O–H groups in total. The lowest BCUT2D eigenvalue weighted by Crippen LogP contribution is -2.10. The van der Waals surface area contributed by atoms with E-state index in [2.05, 4.69) is 15.9 Å². The summed E-state index contributed by atoms with van der Waals surface area (Å²) in [6.07, 6.45) is 0. The first-order chi connectivity index (χ1) is 13.0. The van der Waals surface area contributed by atoms with Crippen LogP contribution in [0, 0.1) is 6.92 Å². The summed E-state index contributed by atoms with van der Waals surface area (Å²) in [5.74, 6) is 0.631. The fraction of sp³-hybridized carbons (Fsp3) is 0.250. The second-order valence-electron chi connectivity index (χ2n) is 5.86. The van der Waals surface area contributed by atoms with Crippen LogP contribution in [0.4, 0.5) is 0 Å². The Morgan fingerprint density at radius 3 is 2.78 bits per heavy atom. The molecule has 1 aromatic heterocycles. The van der Waals surface area contributed by atoms with Gasteiger partial charge in [-0.05, 0) is 52.7 Å². The van der Waals surface area contributed by atoms with Crippen molar-refractivity contribution in [2.24, 2.45) is 0 Å². The highest BCUT2D eigenvalue weighted by Gasteiger charge is 2.21. The molecule has 3 rings (SSSR count). The summed E-state index contributed by atoms with van der Waals surface area (Å²) in [4.78, 5) is 12.4. The van der Waals surface area contributed by atoms with Gasteiger partial charge in [-0.15, -0.1) is 0 Å². The Morgan fingerprint density at radius 2 is 2.04 bits per heavy atom. The van der Waals surface area contributed by atoms with Gasteiger partial charge in [-0.1, -0.05) is 23.7 Å². The first-order valence-corrected chi connectivity index (χ1v) is 9.42. The van der Waals surface area contributed by atoms with E-state index >= 15 is 0 Å². The third-order valence-corrected chi connectivity index (χ3v) is 4.78. The molecule has 0 radical (unpaired) electrons. The highest BCUT2D eigenvalue weighted by Crippen LogP contribution is 2.35. The number of hydrogen-bond donors (Lipinski definition) is 0. The van der Waals surface area contributed by atoms with Gasteiger partial charge in [0.2, 0.25) is 0 Å². The highest BCUT2D eigenvalue weighted by atomic mass is 79.9. The van der Waals surface area contributed by atoms with E-state index in [1.807, 2.05) is 24.3 Å². The van der Waals surface area contributed by atoms with Gasteiger partial charge in [0, 0.05) is 17.5 Å². The van der Waals surface area contributed by atoms with Crippen molar-refractivity contribution in [1.82, 2.24) is 0 Å². The van der Waals surface area contributed by atoms with Crippen molar-refractivity contribution < 1.29 is 23.4 Å². The predicted molar refractivity (Wildman–Crippen MR) is 107 cm³/mol. The van der Waals surface area contributed by atoms with Gasteiger partial charge >= 0.3 is 5.97 Å². The van der Waals surface area contributed by atoms with E-state index in [0.717, 1.165) is 10.0 Å². The van der Waals surface area contributed by atoms with Gasteiger partial charge in [-0.25, -0.2) is 4.79 Å². The van der Waals surface area contributed by atoms with Crippen molar-refractivity contribution in [2.75, 3.05) is 20.3 Å². The second-order valence-corrected chi connectivity index (χ2v) is 7.15.